The quantitative estimate of drug-likeness (QED) is 0.836. The Morgan fingerprint density at radius 2 is 1.29 bits per heavy atom. The van der Waals surface area contributed by atoms with Crippen molar-refractivity contribution in [3.63, 3.8) is 0 Å². The SMILES string of the molecule is C=Cc1nn(S(C)(=O)=O)nc1C=C.CC.CC. The van der Waals surface area contributed by atoms with Crippen molar-refractivity contribution in [1.82, 2.24) is 14.4 Å². The zero-order chi connectivity index (χ0) is 14.1. The zero-order valence-electron chi connectivity index (χ0n) is 11.1. The lowest BCUT2D eigenvalue weighted by Gasteiger charge is -1.91. The minimum absolute atomic E-state index is 0.403. The van der Waals surface area contributed by atoms with E-state index in [1.165, 1.54) is 12.2 Å². The Labute approximate surface area is 104 Å². The van der Waals surface area contributed by atoms with Gasteiger partial charge >= 0.3 is 0 Å². The van der Waals surface area contributed by atoms with Crippen LogP contribution in [0.4, 0.5) is 0 Å². The third-order valence-electron chi connectivity index (χ3n) is 1.33. The summed E-state index contributed by atoms with van der Waals surface area (Å²) in [5.41, 5.74) is 0.806. The minimum atomic E-state index is -3.43. The highest BCUT2D eigenvalue weighted by Crippen LogP contribution is 2.06. The lowest BCUT2D eigenvalue weighted by molar-refractivity contribution is 0.575. The van der Waals surface area contributed by atoms with Crippen LogP contribution in [0.2, 0.25) is 0 Å². The van der Waals surface area contributed by atoms with Crippen LogP contribution in [0.3, 0.4) is 0 Å². The number of aromatic nitrogens is 3. The Hall–Kier alpha value is -1.43. The average Bonchev–Trinajstić information content (AvgIpc) is 2.77. The second-order valence-corrected chi connectivity index (χ2v) is 4.16. The fourth-order valence-corrected chi connectivity index (χ4v) is 1.22. The van der Waals surface area contributed by atoms with E-state index < -0.39 is 10.0 Å². The molecule has 0 radical (unpaired) electrons. The van der Waals surface area contributed by atoms with Crippen molar-refractivity contribution in [2.75, 3.05) is 6.26 Å². The molecule has 1 heterocycles. The second kappa shape index (κ2) is 8.69. The van der Waals surface area contributed by atoms with E-state index in [9.17, 15) is 8.42 Å². The Kier molecular flexibility index (Phi) is 9.18. The van der Waals surface area contributed by atoms with Gasteiger partial charge in [0.25, 0.3) is 10.0 Å². The largest absolute Gasteiger partial charge is 0.267 e. The summed E-state index contributed by atoms with van der Waals surface area (Å²) in [5.74, 6) is 0. The summed E-state index contributed by atoms with van der Waals surface area (Å²) in [6.45, 7) is 15.0. The van der Waals surface area contributed by atoms with Gasteiger partial charge in [0.1, 0.15) is 11.4 Å². The maximum atomic E-state index is 11.0. The molecule has 0 aromatic carbocycles. The molecular weight excluding hydrogens is 238 g/mol. The molecule has 0 unspecified atom stereocenters. The van der Waals surface area contributed by atoms with Crippen molar-refractivity contribution in [3.8, 4) is 0 Å². The first kappa shape index (κ1) is 17.9. The van der Waals surface area contributed by atoms with Crippen LogP contribution in [0.1, 0.15) is 39.1 Å². The van der Waals surface area contributed by atoms with Gasteiger partial charge in [-0.3, -0.25) is 0 Å². The van der Waals surface area contributed by atoms with E-state index in [-0.39, 0.29) is 0 Å². The van der Waals surface area contributed by atoms with E-state index in [4.69, 9.17) is 0 Å². The highest BCUT2D eigenvalue weighted by atomic mass is 32.2. The predicted molar refractivity (Wildman–Crippen MR) is 73.1 cm³/mol. The average molecular weight is 259 g/mol. The molecule has 0 atom stereocenters. The van der Waals surface area contributed by atoms with Crippen molar-refractivity contribution in [2.45, 2.75) is 27.7 Å². The number of nitrogens with zero attached hydrogens (tertiary/aromatic N) is 3. The summed E-state index contributed by atoms with van der Waals surface area (Å²) in [6, 6.07) is 0. The fourth-order valence-electron chi connectivity index (χ4n) is 0.748. The zero-order valence-corrected chi connectivity index (χ0v) is 12.0. The summed E-state index contributed by atoms with van der Waals surface area (Å²) >= 11 is 0. The summed E-state index contributed by atoms with van der Waals surface area (Å²) in [6.07, 6.45) is 3.87. The Morgan fingerprint density at radius 3 is 1.47 bits per heavy atom. The highest BCUT2D eigenvalue weighted by molar-refractivity contribution is 7.88. The molecule has 0 spiro atoms. The van der Waals surface area contributed by atoms with Crippen molar-refractivity contribution in [2.24, 2.45) is 0 Å². The van der Waals surface area contributed by atoms with Crippen LogP contribution in [0, 0.1) is 0 Å². The first-order valence-electron chi connectivity index (χ1n) is 5.42. The maximum absolute atomic E-state index is 11.0. The molecule has 5 nitrogen and oxygen atoms in total. The van der Waals surface area contributed by atoms with Gasteiger partial charge in [-0.1, -0.05) is 45.1 Å². The smallest absolute Gasteiger partial charge is 0.203 e. The molecule has 0 aliphatic carbocycles. The molecule has 17 heavy (non-hydrogen) atoms. The van der Waals surface area contributed by atoms with E-state index in [1.54, 1.807) is 0 Å². The molecule has 1 rings (SSSR count). The summed E-state index contributed by atoms with van der Waals surface area (Å²) in [4.78, 5) is 0. The van der Waals surface area contributed by atoms with E-state index in [0.717, 1.165) is 6.26 Å². The molecule has 0 aliphatic heterocycles. The highest BCUT2D eigenvalue weighted by Gasteiger charge is 2.11. The molecule has 0 N–H and O–H groups in total. The van der Waals surface area contributed by atoms with E-state index in [0.29, 0.717) is 15.6 Å². The second-order valence-electron chi connectivity index (χ2n) is 2.36. The molecule has 98 valence electrons. The van der Waals surface area contributed by atoms with Gasteiger partial charge in [0.2, 0.25) is 0 Å². The first-order chi connectivity index (χ1) is 7.99. The number of rotatable bonds is 3. The van der Waals surface area contributed by atoms with Crippen molar-refractivity contribution < 1.29 is 8.42 Å². The lowest BCUT2D eigenvalue weighted by atomic mass is 10.3. The van der Waals surface area contributed by atoms with Crippen LogP contribution >= 0.6 is 0 Å². The van der Waals surface area contributed by atoms with Crippen LogP contribution in [-0.2, 0) is 10.0 Å². The van der Waals surface area contributed by atoms with E-state index >= 15 is 0 Å². The van der Waals surface area contributed by atoms with Crippen LogP contribution in [0.15, 0.2) is 13.2 Å². The third-order valence-corrected chi connectivity index (χ3v) is 2.09. The van der Waals surface area contributed by atoms with Crippen molar-refractivity contribution in [1.29, 1.82) is 0 Å². The Morgan fingerprint density at radius 1 is 1.00 bits per heavy atom. The summed E-state index contributed by atoms with van der Waals surface area (Å²) in [7, 11) is -3.43. The molecule has 6 heteroatoms. The number of hydrogen-bond acceptors (Lipinski definition) is 4. The van der Waals surface area contributed by atoms with E-state index in [2.05, 4.69) is 23.4 Å². The van der Waals surface area contributed by atoms with Gasteiger partial charge in [-0.15, -0.1) is 10.2 Å². The molecular formula is C11H21N3O2S. The normalized spacial score (nSPS) is 9.24. The van der Waals surface area contributed by atoms with Crippen LogP contribution in [0.5, 0.6) is 0 Å². The van der Waals surface area contributed by atoms with Crippen LogP contribution < -0.4 is 0 Å². The fraction of sp³-hybridized carbons (Fsp3) is 0.455. The van der Waals surface area contributed by atoms with E-state index in [1.807, 2.05) is 27.7 Å². The van der Waals surface area contributed by atoms with Crippen LogP contribution in [-0.4, -0.2) is 29.1 Å². The van der Waals surface area contributed by atoms with Gasteiger partial charge in [-0.2, -0.15) is 0 Å². The van der Waals surface area contributed by atoms with Gasteiger partial charge in [0.15, 0.2) is 0 Å². The monoisotopic (exact) mass is 259 g/mol. The lowest BCUT2D eigenvalue weighted by Crippen LogP contribution is -2.13. The van der Waals surface area contributed by atoms with Gasteiger partial charge in [-0.25, -0.2) is 8.42 Å². The molecule has 1 aromatic rings. The molecule has 0 amide bonds. The minimum Gasteiger partial charge on any atom is -0.203 e. The van der Waals surface area contributed by atoms with Gasteiger partial charge in [0.05, 0.1) is 6.26 Å². The summed E-state index contributed by atoms with van der Waals surface area (Å²) in [5, 5.41) is 7.40. The molecule has 0 bridgehead atoms. The first-order valence-corrected chi connectivity index (χ1v) is 7.26. The van der Waals surface area contributed by atoms with Gasteiger partial charge in [-0.05, 0) is 12.2 Å². The third kappa shape index (κ3) is 5.44. The molecule has 1 aromatic heterocycles. The van der Waals surface area contributed by atoms with Gasteiger partial charge < -0.3 is 0 Å². The molecule has 0 saturated carbocycles. The van der Waals surface area contributed by atoms with Crippen molar-refractivity contribution >= 4 is 22.2 Å². The Balaban J connectivity index is 0. The maximum Gasteiger partial charge on any atom is 0.267 e. The Bertz CT molecular complexity index is 422. The van der Waals surface area contributed by atoms with Gasteiger partial charge in [0, 0.05) is 0 Å². The molecule has 0 saturated heterocycles. The summed E-state index contributed by atoms with van der Waals surface area (Å²) < 4.78 is 22.7. The predicted octanol–water partition coefficient (Wildman–Crippen LogP) is 2.42. The van der Waals surface area contributed by atoms with Crippen LogP contribution in [0.25, 0.3) is 12.2 Å². The molecule has 0 fully saturated rings. The standard InChI is InChI=1S/C7H9N3O2S.2C2H6/c1-4-6-7(5-2)9-10(8-6)13(3,11)12;2*1-2/h4-5H,1-2H2,3H3;2*1-2H3. The topological polar surface area (TPSA) is 64.8 Å². The van der Waals surface area contributed by atoms with Crippen molar-refractivity contribution in [3.05, 3.63) is 24.5 Å². The number of hydrogen-bond donors (Lipinski definition) is 0. The molecule has 0 aliphatic rings.